The summed E-state index contributed by atoms with van der Waals surface area (Å²) in [5.74, 6) is -0.286. The second kappa shape index (κ2) is 8.91. The van der Waals surface area contributed by atoms with Gasteiger partial charge in [-0.3, -0.25) is 4.79 Å². The van der Waals surface area contributed by atoms with E-state index in [1.807, 2.05) is 30.3 Å². The number of nitrogens with one attached hydrogen (secondary N) is 1. The van der Waals surface area contributed by atoms with Crippen LogP contribution in [0.2, 0.25) is 4.34 Å². The Morgan fingerprint density at radius 1 is 1.21 bits per heavy atom. The number of nitrogens with zero attached hydrogens (tertiary/aromatic N) is 2. The van der Waals surface area contributed by atoms with Gasteiger partial charge in [-0.25, -0.2) is 18.4 Å². The van der Waals surface area contributed by atoms with Gasteiger partial charge >= 0.3 is 0 Å². The molecule has 3 rings (SSSR count). The molecule has 0 saturated carbocycles. The van der Waals surface area contributed by atoms with Crippen molar-refractivity contribution in [3.63, 3.8) is 0 Å². The second-order valence-electron chi connectivity index (χ2n) is 5.52. The third kappa shape index (κ3) is 5.02. The monoisotopic (exact) mass is 454 g/mol. The van der Waals surface area contributed by atoms with Gasteiger partial charge in [0.2, 0.25) is 15.7 Å². The topological polar surface area (TPSA) is 115 Å². The molecule has 0 aliphatic heterocycles. The number of hydrogen-bond acceptors (Lipinski definition) is 8. The Kier molecular flexibility index (Phi) is 6.55. The van der Waals surface area contributed by atoms with Crippen LogP contribution in [0.3, 0.4) is 0 Å². The number of benzene rings is 1. The Hall–Kier alpha value is -2.14. The molecule has 0 aliphatic rings. The predicted octanol–water partition coefficient (Wildman–Crippen LogP) is 3.02. The summed E-state index contributed by atoms with van der Waals surface area (Å²) in [5, 5.41) is 3.01. The molecule has 2 aromatic heterocycles. The van der Waals surface area contributed by atoms with E-state index in [1.54, 1.807) is 0 Å². The lowest BCUT2D eigenvalue weighted by Crippen LogP contribution is -2.24. The first-order valence-electron chi connectivity index (χ1n) is 7.92. The quantitative estimate of drug-likeness (QED) is 0.416. The molecule has 0 saturated heterocycles. The maximum atomic E-state index is 12.6. The molecule has 3 aromatic rings. The maximum Gasteiger partial charge on any atom is 0.230 e. The highest BCUT2D eigenvalue weighted by Crippen LogP contribution is 2.32. The lowest BCUT2D eigenvalue weighted by atomic mass is 10.2. The van der Waals surface area contributed by atoms with Crippen LogP contribution in [0.25, 0.3) is 0 Å². The minimum atomic E-state index is -3.84. The van der Waals surface area contributed by atoms with Gasteiger partial charge in [-0.2, -0.15) is 0 Å². The number of nitrogens with two attached hydrogens (primary N) is 1. The minimum absolute atomic E-state index is 0.0634. The average Bonchev–Trinajstić information content (AvgIpc) is 3.12. The van der Waals surface area contributed by atoms with Crippen molar-refractivity contribution in [2.24, 2.45) is 0 Å². The largest absolute Gasteiger partial charge is 0.382 e. The average molecular weight is 455 g/mol. The molecule has 0 unspecified atom stereocenters. The first kappa shape index (κ1) is 20.6. The minimum Gasteiger partial charge on any atom is -0.382 e. The summed E-state index contributed by atoms with van der Waals surface area (Å²) in [6.45, 7) is 0.420. The Morgan fingerprint density at radius 2 is 1.96 bits per heavy atom. The number of amides is 1. The SMILES string of the molecule is Nc1nc(SCC(=O)NCc2ccccc2)ncc1S(=O)(=O)c1ccc(Cl)s1. The number of nitrogen functional groups attached to an aromatic ring is 1. The van der Waals surface area contributed by atoms with Gasteiger partial charge in [-0.15, -0.1) is 11.3 Å². The molecule has 28 heavy (non-hydrogen) atoms. The number of halogens is 1. The molecule has 0 aliphatic carbocycles. The lowest BCUT2D eigenvalue weighted by molar-refractivity contribution is -0.118. The molecule has 0 radical (unpaired) electrons. The van der Waals surface area contributed by atoms with Crippen molar-refractivity contribution < 1.29 is 13.2 Å². The molecule has 0 atom stereocenters. The number of thioether (sulfide) groups is 1. The summed E-state index contributed by atoms with van der Waals surface area (Å²) >= 11 is 7.80. The van der Waals surface area contributed by atoms with Crippen LogP contribution in [0.5, 0.6) is 0 Å². The van der Waals surface area contributed by atoms with E-state index >= 15 is 0 Å². The zero-order chi connectivity index (χ0) is 20.1. The summed E-state index contributed by atoms with van der Waals surface area (Å²) < 4.78 is 25.6. The van der Waals surface area contributed by atoms with Gasteiger partial charge in [-0.05, 0) is 17.7 Å². The van der Waals surface area contributed by atoms with Crippen molar-refractivity contribution in [2.75, 3.05) is 11.5 Å². The fourth-order valence-electron chi connectivity index (χ4n) is 2.17. The summed E-state index contributed by atoms with van der Waals surface area (Å²) in [6.07, 6.45) is 1.15. The number of aromatic nitrogens is 2. The highest BCUT2D eigenvalue weighted by Gasteiger charge is 2.24. The molecule has 1 amide bonds. The fraction of sp³-hybridized carbons (Fsp3) is 0.118. The Morgan fingerprint density at radius 3 is 2.61 bits per heavy atom. The first-order chi connectivity index (χ1) is 13.4. The van der Waals surface area contributed by atoms with E-state index in [2.05, 4.69) is 15.3 Å². The van der Waals surface area contributed by atoms with E-state index in [9.17, 15) is 13.2 Å². The zero-order valence-electron chi connectivity index (χ0n) is 14.3. The molecule has 1 aromatic carbocycles. The van der Waals surface area contributed by atoms with Crippen molar-refractivity contribution in [3.05, 3.63) is 58.6 Å². The van der Waals surface area contributed by atoms with Crippen LogP contribution < -0.4 is 11.1 Å². The van der Waals surface area contributed by atoms with E-state index in [0.29, 0.717) is 10.9 Å². The molecular formula is C17H15ClN4O3S3. The van der Waals surface area contributed by atoms with Crippen molar-refractivity contribution in [2.45, 2.75) is 20.8 Å². The van der Waals surface area contributed by atoms with Crippen molar-refractivity contribution in [3.8, 4) is 0 Å². The number of thiophene rings is 1. The summed E-state index contributed by atoms with van der Waals surface area (Å²) in [6, 6.07) is 12.4. The van der Waals surface area contributed by atoms with Gasteiger partial charge in [0, 0.05) is 6.54 Å². The number of carbonyl (C=O) groups excluding carboxylic acids is 1. The number of sulfone groups is 1. The highest BCUT2D eigenvalue weighted by atomic mass is 35.5. The summed E-state index contributed by atoms with van der Waals surface area (Å²) in [5.41, 5.74) is 6.81. The third-order valence-corrected chi connectivity index (χ3v) is 7.88. The molecule has 2 heterocycles. The molecule has 11 heteroatoms. The van der Waals surface area contributed by atoms with Crippen molar-refractivity contribution >= 4 is 56.3 Å². The second-order valence-corrected chi connectivity index (χ2v) is 10.3. The van der Waals surface area contributed by atoms with Gasteiger partial charge < -0.3 is 11.1 Å². The van der Waals surface area contributed by atoms with Crippen LogP contribution in [0, 0.1) is 0 Å². The smallest absolute Gasteiger partial charge is 0.230 e. The fourth-order valence-corrected chi connectivity index (χ4v) is 5.69. The number of anilines is 1. The normalized spacial score (nSPS) is 11.3. The first-order valence-corrected chi connectivity index (χ1v) is 11.6. The molecule has 0 spiro atoms. The van der Waals surface area contributed by atoms with Crippen LogP contribution >= 0.6 is 34.7 Å². The van der Waals surface area contributed by atoms with Gasteiger partial charge in [0.15, 0.2) is 5.16 Å². The van der Waals surface area contributed by atoms with E-state index < -0.39 is 9.84 Å². The lowest BCUT2D eigenvalue weighted by Gasteiger charge is -2.07. The number of hydrogen-bond donors (Lipinski definition) is 2. The molecule has 146 valence electrons. The van der Waals surface area contributed by atoms with Gasteiger partial charge in [0.1, 0.15) is 14.9 Å². The van der Waals surface area contributed by atoms with Gasteiger partial charge in [0.25, 0.3) is 0 Å². The summed E-state index contributed by atoms with van der Waals surface area (Å²) in [7, 11) is -3.84. The molecular weight excluding hydrogens is 440 g/mol. The van der Waals surface area contributed by atoms with Crippen LogP contribution in [0.1, 0.15) is 5.56 Å². The molecule has 7 nitrogen and oxygen atoms in total. The Bertz CT molecular complexity index is 1090. The van der Waals surface area contributed by atoms with Crippen molar-refractivity contribution in [1.29, 1.82) is 0 Å². The van der Waals surface area contributed by atoms with Crippen LogP contribution in [0.4, 0.5) is 5.82 Å². The molecule has 0 bridgehead atoms. The van der Waals surface area contributed by atoms with E-state index in [1.165, 1.54) is 12.1 Å². The van der Waals surface area contributed by atoms with E-state index in [-0.39, 0.29) is 31.7 Å². The molecule has 0 fully saturated rings. The van der Waals surface area contributed by atoms with Crippen LogP contribution in [-0.2, 0) is 21.2 Å². The Balaban J connectivity index is 1.62. The maximum absolute atomic E-state index is 12.6. The third-order valence-electron chi connectivity index (χ3n) is 3.53. The van der Waals surface area contributed by atoms with Crippen LogP contribution in [0.15, 0.2) is 62.9 Å². The number of rotatable bonds is 7. The Labute approximate surface area is 175 Å². The zero-order valence-corrected chi connectivity index (χ0v) is 17.5. The van der Waals surface area contributed by atoms with Gasteiger partial charge in [-0.1, -0.05) is 53.7 Å². The predicted molar refractivity (Wildman–Crippen MR) is 110 cm³/mol. The van der Waals surface area contributed by atoms with E-state index in [4.69, 9.17) is 17.3 Å². The van der Waals surface area contributed by atoms with Gasteiger partial charge in [0.05, 0.1) is 16.3 Å². The van der Waals surface area contributed by atoms with E-state index in [0.717, 1.165) is 34.9 Å². The standard InChI is InChI=1S/C17H15ClN4O3S3/c18-13-6-7-15(27-13)28(24,25)12-9-21-17(22-16(12)19)26-10-14(23)20-8-11-4-2-1-3-5-11/h1-7,9H,8,10H2,(H,20,23)(H2,19,21,22). The summed E-state index contributed by atoms with van der Waals surface area (Å²) in [4.78, 5) is 19.8. The van der Waals surface area contributed by atoms with Crippen molar-refractivity contribution in [1.82, 2.24) is 15.3 Å². The highest BCUT2D eigenvalue weighted by molar-refractivity contribution is 7.99. The molecule has 3 N–H and O–H groups in total. The number of carbonyl (C=O) groups is 1. The van der Waals surface area contributed by atoms with Crippen LogP contribution in [-0.4, -0.2) is 30.0 Å².